The number of nitrogens with one attached hydrogen (secondary N) is 3. The largest absolute Gasteiger partial charge is 0.491 e. The van der Waals surface area contributed by atoms with E-state index in [0.717, 1.165) is 43.9 Å². The van der Waals surface area contributed by atoms with Crippen LogP contribution in [0.3, 0.4) is 0 Å². The van der Waals surface area contributed by atoms with Crippen molar-refractivity contribution in [1.29, 1.82) is 0 Å². The molecule has 1 heterocycles. The minimum atomic E-state index is -0.278. The van der Waals surface area contributed by atoms with Crippen molar-refractivity contribution >= 4 is 17.6 Å². The fourth-order valence-electron chi connectivity index (χ4n) is 3.00. The van der Waals surface area contributed by atoms with Crippen LogP contribution in [-0.2, 0) is 9.53 Å². The van der Waals surface area contributed by atoms with Crippen molar-refractivity contribution in [1.82, 2.24) is 10.6 Å². The number of aliphatic imine (C=N–C) groups is 1. The summed E-state index contributed by atoms with van der Waals surface area (Å²) in [6, 6.07) is 7.70. The van der Waals surface area contributed by atoms with Crippen molar-refractivity contribution in [3.8, 4) is 5.75 Å². The number of nitrogens with zero attached hydrogens (tertiary/aromatic N) is 1. The van der Waals surface area contributed by atoms with Gasteiger partial charge in [-0.3, -0.25) is 4.79 Å². The highest BCUT2D eigenvalue weighted by molar-refractivity contribution is 5.95. The molecule has 0 aromatic heterocycles. The Morgan fingerprint density at radius 3 is 2.59 bits per heavy atom. The van der Waals surface area contributed by atoms with Crippen LogP contribution in [0, 0.1) is 0 Å². The molecule has 0 aliphatic carbocycles. The zero-order valence-electron chi connectivity index (χ0n) is 18.4. The third-order valence-corrected chi connectivity index (χ3v) is 4.17. The molecule has 7 nitrogen and oxygen atoms in total. The summed E-state index contributed by atoms with van der Waals surface area (Å²) in [5.74, 6) is 1.28. The van der Waals surface area contributed by atoms with E-state index in [9.17, 15) is 4.79 Å². The molecule has 1 aliphatic rings. The molecule has 7 heteroatoms. The molecule has 162 valence electrons. The van der Waals surface area contributed by atoms with Crippen LogP contribution in [0.1, 0.15) is 53.9 Å². The van der Waals surface area contributed by atoms with Crippen molar-refractivity contribution in [2.75, 3.05) is 25.0 Å². The van der Waals surface area contributed by atoms with Crippen LogP contribution in [-0.4, -0.2) is 49.3 Å². The first-order valence-corrected chi connectivity index (χ1v) is 10.5. The third kappa shape index (κ3) is 9.65. The lowest BCUT2D eigenvalue weighted by atomic mass is 10.1. The second kappa shape index (κ2) is 11.0. The molecule has 1 amide bonds. The van der Waals surface area contributed by atoms with Gasteiger partial charge in [0.05, 0.1) is 12.2 Å². The molecule has 1 aliphatic heterocycles. The maximum Gasteiger partial charge on any atom is 0.242 e. The number of anilines is 1. The quantitative estimate of drug-likeness (QED) is 0.457. The molecule has 3 N–H and O–H groups in total. The van der Waals surface area contributed by atoms with Gasteiger partial charge in [0, 0.05) is 24.4 Å². The van der Waals surface area contributed by atoms with E-state index in [1.54, 1.807) is 0 Å². The average molecular weight is 405 g/mol. The van der Waals surface area contributed by atoms with Crippen molar-refractivity contribution in [2.24, 2.45) is 4.99 Å². The topological polar surface area (TPSA) is 84.0 Å². The smallest absolute Gasteiger partial charge is 0.242 e. The molecular formula is C22H36N4O3. The van der Waals surface area contributed by atoms with Crippen LogP contribution >= 0.6 is 0 Å². The van der Waals surface area contributed by atoms with E-state index >= 15 is 0 Å². The maximum absolute atomic E-state index is 12.1. The van der Waals surface area contributed by atoms with Gasteiger partial charge in [0.25, 0.3) is 0 Å². The summed E-state index contributed by atoms with van der Waals surface area (Å²) in [7, 11) is 0. The zero-order valence-corrected chi connectivity index (χ0v) is 18.4. The van der Waals surface area contributed by atoms with Crippen LogP contribution in [0.2, 0.25) is 0 Å². The molecule has 1 atom stereocenters. The Labute approximate surface area is 174 Å². The monoisotopic (exact) mass is 404 g/mol. The Hall–Kier alpha value is -2.28. The number of guanidine groups is 1. The SMILES string of the molecule is CC(C)Oc1ccc(NC(=NCC(=O)NC(C)(C)C)NCCC2CCCO2)cc1. The van der Waals surface area contributed by atoms with Crippen LogP contribution in [0.4, 0.5) is 5.69 Å². The predicted molar refractivity (Wildman–Crippen MR) is 118 cm³/mol. The fraction of sp³-hybridized carbons (Fsp3) is 0.636. The van der Waals surface area contributed by atoms with Gasteiger partial charge < -0.3 is 25.4 Å². The van der Waals surface area contributed by atoms with E-state index in [0.29, 0.717) is 12.1 Å². The number of hydrogen-bond acceptors (Lipinski definition) is 4. The molecular weight excluding hydrogens is 368 g/mol. The molecule has 1 saturated heterocycles. The Bertz CT molecular complexity index is 660. The lowest BCUT2D eigenvalue weighted by Gasteiger charge is -2.20. The number of hydrogen-bond donors (Lipinski definition) is 3. The summed E-state index contributed by atoms with van der Waals surface area (Å²) < 4.78 is 11.4. The van der Waals surface area contributed by atoms with E-state index in [1.807, 2.05) is 58.9 Å². The first kappa shape index (κ1) is 23.0. The number of carbonyl (C=O) groups is 1. The van der Waals surface area contributed by atoms with Crippen LogP contribution in [0.25, 0.3) is 0 Å². The summed E-state index contributed by atoms with van der Waals surface area (Å²) in [5.41, 5.74) is 0.598. The van der Waals surface area contributed by atoms with E-state index < -0.39 is 0 Å². The first-order chi connectivity index (χ1) is 13.7. The Kier molecular flexibility index (Phi) is 8.76. The molecule has 1 aromatic carbocycles. The molecule has 1 aromatic rings. The maximum atomic E-state index is 12.1. The molecule has 0 bridgehead atoms. The zero-order chi connectivity index (χ0) is 21.3. The van der Waals surface area contributed by atoms with Gasteiger partial charge >= 0.3 is 0 Å². The number of ether oxygens (including phenoxy) is 2. The Morgan fingerprint density at radius 1 is 1.28 bits per heavy atom. The van der Waals surface area contributed by atoms with Crippen molar-refractivity contribution < 1.29 is 14.3 Å². The number of amides is 1. The van der Waals surface area contributed by atoms with Crippen molar-refractivity contribution in [2.45, 2.75) is 71.6 Å². The second-order valence-electron chi connectivity index (χ2n) is 8.63. The fourth-order valence-corrected chi connectivity index (χ4v) is 3.00. The minimum Gasteiger partial charge on any atom is -0.491 e. The predicted octanol–water partition coefficient (Wildman–Crippen LogP) is 3.32. The normalized spacial score (nSPS) is 17.3. The van der Waals surface area contributed by atoms with Gasteiger partial charge in [0.2, 0.25) is 5.91 Å². The lowest BCUT2D eigenvalue weighted by molar-refractivity contribution is -0.121. The summed E-state index contributed by atoms with van der Waals surface area (Å²) in [6.07, 6.45) is 3.58. The van der Waals surface area contributed by atoms with Crippen molar-refractivity contribution in [3.05, 3.63) is 24.3 Å². The standard InChI is InChI=1S/C22H36N4O3/c1-16(2)29-19-10-8-17(9-11-19)25-21(23-13-12-18-7-6-14-28-18)24-15-20(27)26-22(3,4)5/h8-11,16,18H,6-7,12-15H2,1-5H3,(H,26,27)(H2,23,24,25). The van der Waals surface area contributed by atoms with E-state index in [-0.39, 0.29) is 24.1 Å². The summed E-state index contributed by atoms with van der Waals surface area (Å²) >= 11 is 0. The number of rotatable bonds is 8. The Morgan fingerprint density at radius 2 is 2.00 bits per heavy atom. The molecule has 1 unspecified atom stereocenters. The van der Waals surface area contributed by atoms with Gasteiger partial charge in [-0.05, 0) is 78.1 Å². The van der Waals surface area contributed by atoms with Crippen molar-refractivity contribution in [3.63, 3.8) is 0 Å². The summed E-state index contributed by atoms with van der Waals surface area (Å²) in [6.45, 7) is 11.5. The summed E-state index contributed by atoms with van der Waals surface area (Å²) in [4.78, 5) is 16.6. The minimum absolute atomic E-state index is 0.0566. The lowest BCUT2D eigenvalue weighted by Crippen LogP contribution is -2.42. The molecule has 0 radical (unpaired) electrons. The molecule has 1 fully saturated rings. The molecule has 2 rings (SSSR count). The number of benzene rings is 1. The number of carbonyl (C=O) groups excluding carboxylic acids is 1. The molecule has 0 spiro atoms. The van der Waals surface area contributed by atoms with Gasteiger partial charge in [-0.2, -0.15) is 0 Å². The van der Waals surface area contributed by atoms with Gasteiger partial charge in [-0.1, -0.05) is 0 Å². The highest BCUT2D eigenvalue weighted by Gasteiger charge is 2.16. The van der Waals surface area contributed by atoms with Crippen LogP contribution in [0.15, 0.2) is 29.3 Å². The summed E-state index contributed by atoms with van der Waals surface area (Å²) in [5, 5.41) is 9.50. The van der Waals surface area contributed by atoms with E-state index in [4.69, 9.17) is 9.47 Å². The highest BCUT2D eigenvalue weighted by atomic mass is 16.5. The second-order valence-corrected chi connectivity index (χ2v) is 8.63. The average Bonchev–Trinajstić information content (AvgIpc) is 3.12. The van der Waals surface area contributed by atoms with Gasteiger partial charge in [-0.15, -0.1) is 0 Å². The third-order valence-electron chi connectivity index (χ3n) is 4.17. The van der Waals surface area contributed by atoms with Crippen LogP contribution in [0.5, 0.6) is 5.75 Å². The van der Waals surface area contributed by atoms with Gasteiger partial charge in [0.1, 0.15) is 12.3 Å². The van der Waals surface area contributed by atoms with E-state index in [2.05, 4.69) is 20.9 Å². The van der Waals surface area contributed by atoms with Crippen LogP contribution < -0.4 is 20.7 Å². The van der Waals surface area contributed by atoms with E-state index in [1.165, 1.54) is 0 Å². The molecule has 29 heavy (non-hydrogen) atoms. The van der Waals surface area contributed by atoms with Gasteiger partial charge in [0.15, 0.2) is 5.96 Å². The molecule has 0 saturated carbocycles. The van der Waals surface area contributed by atoms with Gasteiger partial charge in [-0.25, -0.2) is 4.99 Å². The Balaban J connectivity index is 1.96. The first-order valence-electron chi connectivity index (χ1n) is 10.5. The highest BCUT2D eigenvalue weighted by Crippen LogP contribution is 2.17.